The van der Waals surface area contributed by atoms with Gasteiger partial charge in [-0.25, -0.2) is 0 Å². The second-order valence-corrected chi connectivity index (χ2v) is 13.5. The minimum atomic E-state index is -2.17. The molecule has 11 nitrogen and oxygen atoms in total. The predicted octanol–water partition coefficient (Wildman–Crippen LogP) is 1.92. The number of aliphatic hydroxyl groups is 5. The van der Waals surface area contributed by atoms with Crippen molar-refractivity contribution in [2.24, 2.45) is 28.9 Å². The number of hydrogen-bond acceptors (Lipinski definition) is 11. The number of nitrogens with two attached hydrogens (primary N) is 1. The molecule has 0 amide bonds. The standard InChI is InChI=1S/C34H40N2O9/c1-16-10-20-26(22(38)11-16)29(40)27-19(28(20)39)5-2-6-23(27)44-32-31(42)34(43,30(41)24(14-37)45-32)15-33-9-3-4-18(33)8-7-17-13-36-25(35)12-21(17)33/h2,5-6,10-12,18,20,24,26,30-32,36-38,41-43H,3-4,7-9,13-15,35H2,1H3. The summed E-state index contributed by atoms with van der Waals surface area (Å²) in [4.78, 5) is 27.3. The lowest BCUT2D eigenvalue weighted by atomic mass is 9.58. The van der Waals surface area contributed by atoms with Crippen LogP contribution in [0.2, 0.25) is 0 Å². The number of dihydropyridines is 1. The molecule has 11 heteroatoms. The molecule has 2 fully saturated rings. The Balaban J connectivity index is 1.25. The molecule has 0 spiro atoms. The first-order chi connectivity index (χ1) is 21.5. The fourth-order valence-corrected chi connectivity index (χ4v) is 8.94. The van der Waals surface area contributed by atoms with Crippen LogP contribution in [0.15, 0.2) is 64.7 Å². The van der Waals surface area contributed by atoms with Crippen molar-refractivity contribution in [2.75, 3.05) is 13.2 Å². The van der Waals surface area contributed by atoms with Gasteiger partial charge < -0.3 is 46.1 Å². The summed E-state index contributed by atoms with van der Waals surface area (Å²) < 4.78 is 11.9. The monoisotopic (exact) mass is 620 g/mol. The van der Waals surface area contributed by atoms with Crippen molar-refractivity contribution in [1.29, 1.82) is 0 Å². The third kappa shape index (κ3) is 4.51. The number of ketones is 2. The number of carbonyl (C=O) groups excluding carboxylic acids is 2. The summed E-state index contributed by atoms with van der Waals surface area (Å²) in [6, 6.07) is 4.51. The number of allylic oxidation sites excluding steroid dienone is 6. The highest BCUT2D eigenvalue weighted by Crippen LogP contribution is 2.60. The number of hydrogen-bond donors (Lipinski definition) is 7. The molecule has 0 bridgehead atoms. The molecule has 2 heterocycles. The lowest BCUT2D eigenvalue weighted by Crippen LogP contribution is -2.69. The fourth-order valence-electron chi connectivity index (χ4n) is 8.94. The Kier molecular flexibility index (Phi) is 7.25. The minimum absolute atomic E-state index is 0.0201. The molecule has 6 aliphatic rings. The molecule has 4 aliphatic carbocycles. The van der Waals surface area contributed by atoms with E-state index in [0.717, 1.165) is 37.7 Å². The van der Waals surface area contributed by atoms with E-state index < -0.39 is 59.8 Å². The molecule has 8 N–H and O–H groups in total. The summed E-state index contributed by atoms with van der Waals surface area (Å²) in [5.74, 6) is -2.41. The Morgan fingerprint density at radius 3 is 2.71 bits per heavy atom. The van der Waals surface area contributed by atoms with Crippen molar-refractivity contribution in [3.8, 4) is 5.75 Å². The van der Waals surface area contributed by atoms with Gasteiger partial charge in [0.05, 0.1) is 29.8 Å². The average Bonchev–Trinajstić information content (AvgIpc) is 3.43. The van der Waals surface area contributed by atoms with E-state index >= 15 is 0 Å². The Morgan fingerprint density at radius 2 is 1.93 bits per heavy atom. The zero-order valence-corrected chi connectivity index (χ0v) is 25.1. The molecule has 240 valence electrons. The van der Waals surface area contributed by atoms with Crippen LogP contribution in [0.4, 0.5) is 0 Å². The summed E-state index contributed by atoms with van der Waals surface area (Å²) in [7, 11) is 0. The van der Waals surface area contributed by atoms with E-state index in [0.29, 0.717) is 17.9 Å². The van der Waals surface area contributed by atoms with Crippen LogP contribution >= 0.6 is 0 Å². The minimum Gasteiger partial charge on any atom is -0.511 e. The second-order valence-electron chi connectivity index (χ2n) is 13.5. The van der Waals surface area contributed by atoms with Gasteiger partial charge in [-0.3, -0.25) is 9.59 Å². The first-order valence-electron chi connectivity index (χ1n) is 15.7. The number of ether oxygens (including phenoxy) is 2. The zero-order chi connectivity index (χ0) is 31.8. The lowest BCUT2D eigenvalue weighted by molar-refractivity contribution is -0.320. The van der Waals surface area contributed by atoms with Gasteiger partial charge >= 0.3 is 0 Å². The van der Waals surface area contributed by atoms with Crippen molar-refractivity contribution in [3.63, 3.8) is 0 Å². The SMILES string of the molecule is CC1=CC2C(=O)c3cccc(OC4OC(CO)C(O)C(O)(CC56CCCC5CCC5=C6C=C(N)NC5)C4O)c3C(=O)C2C(O)=C1. The van der Waals surface area contributed by atoms with E-state index in [2.05, 4.69) is 5.32 Å². The molecule has 1 aromatic carbocycles. The van der Waals surface area contributed by atoms with Crippen LogP contribution in [0.25, 0.3) is 0 Å². The van der Waals surface area contributed by atoms with Gasteiger partial charge in [0.15, 0.2) is 11.6 Å². The van der Waals surface area contributed by atoms with Crippen LogP contribution in [0.1, 0.15) is 66.2 Å². The van der Waals surface area contributed by atoms with Crippen LogP contribution in [0.3, 0.4) is 0 Å². The van der Waals surface area contributed by atoms with Gasteiger partial charge in [-0.1, -0.05) is 30.2 Å². The van der Waals surface area contributed by atoms with Gasteiger partial charge in [0.25, 0.3) is 0 Å². The third-order valence-electron chi connectivity index (χ3n) is 11.1. The Hall–Kier alpha value is -3.48. The first kappa shape index (κ1) is 30.2. The molecule has 1 saturated carbocycles. The smallest absolute Gasteiger partial charge is 0.229 e. The topological polar surface area (TPSA) is 192 Å². The maximum atomic E-state index is 13.8. The van der Waals surface area contributed by atoms with E-state index in [4.69, 9.17) is 15.2 Å². The van der Waals surface area contributed by atoms with Crippen molar-refractivity contribution >= 4 is 11.6 Å². The van der Waals surface area contributed by atoms with Crippen LogP contribution < -0.4 is 15.8 Å². The maximum absolute atomic E-state index is 13.8. The van der Waals surface area contributed by atoms with Crippen molar-refractivity contribution in [2.45, 2.75) is 75.7 Å². The molecular weight excluding hydrogens is 580 g/mol. The molecule has 7 rings (SSSR count). The number of aliphatic hydroxyl groups excluding tert-OH is 4. The molecule has 9 atom stereocenters. The number of nitrogens with one attached hydrogen (secondary N) is 1. The van der Waals surface area contributed by atoms with Crippen LogP contribution in [0.5, 0.6) is 5.75 Å². The largest absolute Gasteiger partial charge is 0.511 e. The van der Waals surface area contributed by atoms with E-state index in [-0.39, 0.29) is 40.8 Å². The molecule has 1 aromatic rings. The maximum Gasteiger partial charge on any atom is 0.229 e. The van der Waals surface area contributed by atoms with Crippen LogP contribution in [-0.4, -0.2) is 80.5 Å². The number of Topliss-reactive ketones (excluding diaryl/α,β-unsaturated/α-hetero) is 2. The Bertz CT molecular complexity index is 1580. The summed E-state index contributed by atoms with van der Waals surface area (Å²) in [6.45, 7) is 1.66. The molecular formula is C34H40N2O9. The van der Waals surface area contributed by atoms with Gasteiger partial charge in [0, 0.05) is 17.5 Å². The predicted molar refractivity (Wildman–Crippen MR) is 161 cm³/mol. The summed E-state index contributed by atoms with van der Waals surface area (Å²) >= 11 is 0. The van der Waals surface area contributed by atoms with Gasteiger partial charge in [0.1, 0.15) is 35.4 Å². The van der Waals surface area contributed by atoms with Gasteiger partial charge in [-0.05, 0) is 74.3 Å². The molecule has 0 radical (unpaired) electrons. The quantitative estimate of drug-likeness (QED) is 0.254. The highest BCUT2D eigenvalue weighted by atomic mass is 16.7. The Labute approximate surface area is 260 Å². The van der Waals surface area contributed by atoms with Gasteiger partial charge in [-0.2, -0.15) is 0 Å². The highest BCUT2D eigenvalue weighted by molar-refractivity contribution is 6.19. The summed E-state index contributed by atoms with van der Waals surface area (Å²) in [5.41, 5.74) is 6.40. The summed E-state index contributed by atoms with van der Waals surface area (Å²) in [5, 5.41) is 59.6. The van der Waals surface area contributed by atoms with Crippen LogP contribution in [-0.2, 0) is 4.74 Å². The van der Waals surface area contributed by atoms with E-state index in [1.165, 1.54) is 23.8 Å². The number of carbonyl (C=O) groups is 2. The van der Waals surface area contributed by atoms with Crippen LogP contribution in [0, 0.1) is 23.2 Å². The first-order valence-corrected chi connectivity index (χ1v) is 15.7. The lowest BCUT2D eigenvalue weighted by Gasteiger charge is -2.53. The zero-order valence-electron chi connectivity index (χ0n) is 25.1. The molecule has 45 heavy (non-hydrogen) atoms. The van der Waals surface area contributed by atoms with Crippen molar-refractivity contribution in [3.05, 3.63) is 75.9 Å². The van der Waals surface area contributed by atoms with Gasteiger partial charge in [-0.15, -0.1) is 0 Å². The Morgan fingerprint density at radius 1 is 1.13 bits per heavy atom. The van der Waals surface area contributed by atoms with E-state index in [1.807, 2.05) is 6.08 Å². The highest BCUT2D eigenvalue weighted by Gasteiger charge is 2.62. The summed E-state index contributed by atoms with van der Waals surface area (Å²) in [6.07, 6.45) is 3.00. The molecule has 9 unspecified atom stereocenters. The molecule has 1 saturated heterocycles. The normalized spacial score (nSPS) is 39.0. The average molecular weight is 621 g/mol. The number of rotatable bonds is 5. The molecule has 2 aliphatic heterocycles. The van der Waals surface area contributed by atoms with Gasteiger partial charge in [0.2, 0.25) is 6.29 Å². The van der Waals surface area contributed by atoms with E-state index in [1.54, 1.807) is 19.1 Å². The molecule has 0 aromatic heterocycles. The fraction of sp³-hybridized carbons (Fsp3) is 0.529. The van der Waals surface area contributed by atoms with Crippen molar-refractivity contribution in [1.82, 2.24) is 5.32 Å². The second kappa shape index (κ2) is 10.8. The van der Waals surface area contributed by atoms with Crippen molar-refractivity contribution < 1.29 is 44.6 Å². The number of fused-ring (bicyclic) bond motifs is 4. The third-order valence-corrected chi connectivity index (χ3v) is 11.1. The van der Waals surface area contributed by atoms with E-state index in [9.17, 15) is 35.1 Å². The number of benzene rings is 1.